The number of carbonyl (C=O) groups excluding carboxylic acids is 1. The van der Waals surface area contributed by atoms with Crippen molar-refractivity contribution in [2.75, 3.05) is 27.2 Å². The van der Waals surface area contributed by atoms with E-state index in [9.17, 15) is 35.5 Å². The van der Waals surface area contributed by atoms with Gasteiger partial charge in [0.2, 0.25) is 5.91 Å². The molecule has 0 fully saturated rings. The highest BCUT2D eigenvalue weighted by atomic mass is 19.4. The first-order chi connectivity index (χ1) is 12.3. The minimum atomic E-state index is -4.77. The number of nitrogens with one attached hydrogen (secondary N) is 2. The molecule has 0 aromatic heterocycles. The van der Waals surface area contributed by atoms with Crippen molar-refractivity contribution in [1.82, 2.24) is 15.5 Å². The van der Waals surface area contributed by atoms with Gasteiger partial charge in [0.15, 0.2) is 5.96 Å². The summed E-state index contributed by atoms with van der Waals surface area (Å²) in [7, 11) is 2.22. The van der Waals surface area contributed by atoms with Gasteiger partial charge in [0, 0.05) is 20.6 Å². The molecule has 0 bridgehead atoms. The van der Waals surface area contributed by atoms with Gasteiger partial charge < -0.3 is 15.5 Å². The summed E-state index contributed by atoms with van der Waals surface area (Å²) in [6.45, 7) is -2.40. The molecule has 0 saturated carbocycles. The van der Waals surface area contributed by atoms with Crippen molar-refractivity contribution in [2.45, 2.75) is 18.9 Å². The summed E-state index contributed by atoms with van der Waals surface area (Å²) in [5.74, 6) is -2.05. The monoisotopic (exact) mass is 402 g/mol. The number of likely N-dealkylation sites (N-methyl/N-ethyl adjacent to an activating group) is 1. The molecule has 12 heteroatoms. The zero-order chi connectivity index (χ0) is 20.8. The fourth-order valence-corrected chi connectivity index (χ4v) is 2.02. The second-order valence-corrected chi connectivity index (χ2v) is 5.44. The summed E-state index contributed by atoms with van der Waals surface area (Å²) in [6.07, 6.45) is -9.33. The number of aliphatic imine (C=N–C) groups is 1. The summed E-state index contributed by atoms with van der Waals surface area (Å²) < 4.78 is 88.6. The fraction of sp³-hybridized carbons (Fsp3) is 0.467. The summed E-state index contributed by atoms with van der Waals surface area (Å²) in [5, 5.41) is 4.88. The number of rotatable bonds is 5. The molecular formula is C15H17F7N4O. The Bertz CT molecular complexity index is 686. The fourth-order valence-electron chi connectivity index (χ4n) is 2.02. The summed E-state index contributed by atoms with van der Waals surface area (Å²) in [5.41, 5.74) is -1.45. The van der Waals surface area contributed by atoms with Crippen LogP contribution in [0.15, 0.2) is 23.2 Å². The van der Waals surface area contributed by atoms with Crippen LogP contribution in [0.5, 0.6) is 0 Å². The maximum Gasteiger partial charge on any atom is 0.416 e. The Morgan fingerprint density at radius 2 is 1.78 bits per heavy atom. The van der Waals surface area contributed by atoms with Gasteiger partial charge in [-0.3, -0.25) is 9.79 Å². The van der Waals surface area contributed by atoms with E-state index in [0.29, 0.717) is 11.0 Å². The molecule has 0 aliphatic rings. The van der Waals surface area contributed by atoms with Gasteiger partial charge >= 0.3 is 12.4 Å². The number of amides is 1. The molecule has 0 aliphatic heterocycles. The van der Waals surface area contributed by atoms with Crippen molar-refractivity contribution in [2.24, 2.45) is 4.99 Å². The van der Waals surface area contributed by atoms with Crippen LogP contribution in [0.1, 0.15) is 11.1 Å². The lowest BCUT2D eigenvalue weighted by molar-refractivity contribution is -0.157. The van der Waals surface area contributed by atoms with Gasteiger partial charge in [0.1, 0.15) is 12.4 Å². The number of guanidine groups is 1. The van der Waals surface area contributed by atoms with Crippen LogP contribution < -0.4 is 10.6 Å². The smallest absolute Gasteiger partial charge is 0.352 e. The lowest BCUT2D eigenvalue weighted by Crippen LogP contribution is -2.45. The Kier molecular flexibility index (Phi) is 7.43. The summed E-state index contributed by atoms with van der Waals surface area (Å²) >= 11 is 0. The molecule has 0 aliphatic carbocycles. The number of alkyl halides is 6. The van der Waals surface area contributed by atoms with E-state index in [4.69, 9.17) is 0 Å². The Hall–Kier alpha value is -2.53. The van der Waals surface area contributed by atoms with Gasteiger partial charge in [-0.15, -0.1) is 0 Å². The van der Waals surface area contributed by atoms with Crippen LogP contribution in [0.4, 0.5) is 30.7 Å². The van der Waals surface area contributed by atoms with Gasteiger partial charge in [-0.25, -0.2) is 4.39 Å². The van der Waals surface area contributed by atoms with E-state index < -0.39 is 49.3 Å². The first-order valence-electron chi connectivity index (χ1n) is 7.44. The molecule has 2 N–H and O–H groups in total. The van der Waals surface area contributed by atoms with Crippen molar-refractivity contribution in [3.8, 4) is 0 Å². The third kappa shape index (κ3) is 7.71. The zero-order valence-corrected chi connectivity index (χ0v) is 14.3. The zero-order valence-electron chi connectivity index (χ0n) is 14.3. The quantitative estimate of drug-likeness (QED) is 0.452. The normalized spacial score (nSPS) is 12.7. The number of hydrogen-bond donors (Lipinski definition) is 2. The third-order valence-electron chi connectivity index (χ3n) is 3.30. The third-order valence-corrected chi connectivity index (χ3v) is 3.30. The molecule has 1 aromatic rings. The second-order valence-electron chi connectivity index (χ2n) is 5.44. The van der Waals surface area contributed by atoms with Gasteiger partial charge in [-0.1, -0.05) is 6.07 Å². The Labute approximate surface area is 150 Å². The number of halogens is 7. The highest BCUT2D eigenvalue weighted by Crippen LogP contribution is 2.32. The van der Waals surface area contributed by atoms with Gasteiger partial charge in [0.05, 0.1) is 12.1 Å². The topological polar surface area (TPSA) is 56.7 Å². The molecule has 1 aromatic carbocycles. The van der Waals surface area contributed by atoms with E-state index in [1.807, 2.05) is 0 Å². The van der Waals surface area contributed by atoms with Crippen molar-refractivity contribution in [1.29, 1.82) is 0 Å². The first kappa shape index (κ1) is 22.5. The van der Waals surface area contributed by atoms with E-state index >= 15 is 0 Å². The van der Waals surface area contributed by atoms with Gasteiger partial charge in [-0.2, -0.15) is 26.3 Å². The van der Waals surface area contributed by atoms with Crippen molar-refractivity contribution in [3.63, 3.8) is 0 Å². The molecule has 0 spiro atoms. The maximum absolute atomic E-state index is 13.1. The minimum Gasteiger partial charge on any atom is -0.352 e. The Morgan fingerprint density at radius 1 is 1.15 bits per heavy atom. The van der Waals surface area contributed by atoms with Gasteiger partial charge in [-0.05, 0) is 17.7 Å². The van der Waals surface area contributed by atoms with E-state index in [1.54, 1.807) is 0 Å². The molecule has 5 nitrogen and oxygen atoms in total. The second kappa shape index (κ2) is 8.91. The molecule has 0 atom stereocenters. The molecule has 152 valence electrons. The van der Waals surface area contributed by atoms with Crippen molar-refractivity contribution < 1.29 is 35.5 Å². The molecular weight excluding hydrogens is 385 g/mol. The van der Waals surface area contributed by atoms with E-state index in [1.165, 1.54) is 7.05 Å². The number of nitrogens with zero attached hydrogens (tertiary/aromatic N) is 2. The average molecular weight is 402 g/mol. The van der Waals surface area contributed by atoms with E-state index in [0.717, 1.165) is 19.2 Å². The highest BCUT2D eigenvalue weighted by Gasteiger charge is 2.34. The predicted molar refractivity (Wildman–Crippen MR) is 83.3 cm³/mol. The molecule has 0 saturated heterocycles. The lowest BCUT2D eigenvalue weighted by atomic mass is 10.1. The van der Waals surface area contributed by atoms with Crippen molar-refractivity contribution >= 4 is 11.9 Å². The number of benzene rings is 1. The number of carbonyl (C=O) groups is 1. The van der Waals surface area contributed by atoms with Crippen LogP contribution in [0, 0.1) is 5.82 Å². The summed E-state index contributed by atoms with van der Waals surface area (Å²) in [4.78, 5) is 15.7. The SMILES string of the molecule is CN=C(NCC(=O)N(C)CC(F)(F)F)NCc1ccc(F)cc1C(F)(F)F. The van der Waals surface area contributed by atoms with Crippen molar-refractivity contribution in [3.05, 3.63) is 35.1 Å². The molecule has 1 amide bonds. The van der Waals surface area contributed by atoms with Crippen LogP contribution in [0.2, 0.25) is 0 Å². The Morgan fingerprint density at radius 3 is 2.30 bits per heavy atom. The molecule has 0 unspecified atom stereocenters. The van der Waals surface area contributed by atoms with E-state index in [-0.39, 0.29) is 11.5 Å². The molecule has 27 heavy (non-hydrogen) atoms. The van der Waals surface area contributed by atoms with Gasteiger partial charge in [0.25, 0.3) is 0 Å². The van der Waals surface area contributed by atoms with E-state index in [2.05, 4.69) is 15.6 Å². The molecule has 0 heterocycles. The average Bonchev–Trinajstić information content (AvgIpc) is 2.53. The minimum absolute atomic E-state index is 0.110. The highest BCUT2D eigenvalue weighted by molar-refractivity contribution is 5.86. The maximum atomic E-state index is 13.1. The standard InChI is InChI=1S/C15H17F7N4O/c1-23-13(25-7-12(27)26(2)8-14(17,18)19)24-6-9-3-4-10(16)5-11(9)15(20,21)22/h3-5H,6-8H2,1-2H3,(H2,23,24,25). The van der Waals surface area contributed by atoms with Crippen LogP contribution in [-0.4, -0.2) is 50.1 Å². The molecule has 1 rings (SSSR count). The predicted octanol–water partition coefficient (Wildman–Crippen LogP) is 2.53. The largest absolute Gasteiger partial charge is 0.416 e. The molecule has 0 radical (unpaired) electrons. The Balaban J connectivity index is 2.68. The van der Waals surface area contributed by atoms with Crippen LogP contribution in [-0.2, 0) is 17.5 Å². The lowest BCUT2D eigenvalue weighted by Gasteiger charge is -2.20. The summed E-state index contributed by atoms with van der Waals surface area (Å²) in [6, 6.07) is 2.15. The van der Waals surface area contributed by atoms with Crippen LogP contribution in [0.25, 0.3) is 0 Å². The van der Waals surface area contributed by atoms with Crippen LogP contribution in [0.3, 0.4) is 0 Å². The first-order valence-corrected chi connectivity index (χ1v) is 7.44. The van der Waals surface area contributed by atoms with Crippen LogP contribution >= 0.6 is 0 Å². The number of hydrogen-bond acceptors (Lipinski definition) is 2.